The molecule has 2 aliphatic rings. The molecule has 4 heteroatoms. The monoisotopic (exact) mass is 275 g/mol. The zero-order valence-electron chi connectivity index (χ0n) is 11.7. The first-order valence-corrected chi connectivity index (χ1v) is 7.37. The van der Waals surface area contributed by atoms with Crippen LogP contribution < -0.4 is 9.64 Å². The lowest BCUT2D eigenvalue weighted by Crippen LogP contribution is -2.57. The largest absolute Gasteiger partial charge is 0.482 e. The highest BCUT2D eigenvalue weighted by molar-refractivity contribution is 5.68. The Balaban J connectivity index is 1.55. The average molecular weight is 275 g/mol. The lowest BCUT2D eigenvalue weighted by atomic mass is 9.68. The molecule has 2 fully saturated rings. The molecule has 108 valence electrons. The number of ether oxygens (including phenoxy) is 1. The third-order valence-corrected chi connectivity index (χ3v) is 4.53. The molecule has 0 unspecified atom stereocenters. The van der Waals surface area contributed by atoms with Crippen LogP contribution in [0.25, 0.3) is 0 Å². The second kappa shape index (κ2) is 5.35. The van der Waals surface area contributed by atoms with Gasteiger partial charge in [-0.2, -0.15) is 0 Å². The van der Waals surface area contributed by atoms with Crippen LogP contribution >= 0.6 is 0 Å². The molecule has 4 nitrogen and oxygen atoms in total. The Morgan fingerprint density at radius 3 is 2.40 bits per heavy atom. The van der Waals surface area contributed by atoms with Gasteiger partial charge in [0.25, 0.3) is 0 Å². The molecule has 1 aromatic rings. The molecular weight excluding hydrogens is 254 g/mol. The van der Waals surface area contributed by atoms with Crippen molar-refractivity contribution >= 4 is 11.7 Å². The molecule has 1 aliphatic carbocycles. The zero-order chi connectivity index (χ0) is 14.0. The zero-order valence-corrected chi connectivity index (χ0v) is 11.7. The molecule has 1 saturated heterocycles. The molecule has 0 atom stereocenters. The van der Waals surface area contributed by atoms with Gasteiger partial charge >= 0.3 is 5.97 Å². The van der Waals surface area contributed by atoms with E-state index >= 15 is 0 Å². The molecule has 1 spiro atoms. The Morgan fingerprint density at radius 2 is 1.80 bits per heavy atom. The quantitative estimate of drug-likeness (QED) is 0.918. The first kappa shape index (κ1) is 13.3. The van der Waals surface area contributed by atoms with E-state index in [1.807, 2.05) is 24.3 Å². The fourth-order valence-electron chi connectivity index (χ4n) is 3.46. The fraction of sp³-hybridized carbons (Fsp3) is 0.562. The lowest BCUT2D eigenvalue weighted by Gasteiger charge is -2.53. The molecule has 1 heterocycles. The third-order valence-electron chi connectivity index (χ3n) is 4.53. The Labute approximate surface area is 119 Å². The highest BCUT2D eigenvalue weighted by atomic mass is 16.5. The van der Waals surface area contributed by atoms with Gasteiger partial charge in [-0.1, -0.05) is 19.3 Å². The van der Waals surface area contributed by atoms with Crippen LogP contribution in [0.1, 0.15) is 32.1 Å². The number of rotatable bonds is 4. The standard InChI is InChI=1S/C16H21NO3/c18-15(19)10-20-14-6-4-13(5-7-14)17-11-16(12-17)8-2-1-3-9-16/h4-7H,1-3,8-12H2,(H,18,19). The second-order valence-electron chi connectivity index (χ2n) is 6.09. The van der Waals surface area contributed by atoms with Crippen molar-refractivity contribution in [1.29, 1.82) is 0 Å². The molecular formula is C16H21NO3. The van der Waals surface area contributed by atoms with Gasteiger partial charge in [-0.15, -0.1) is 0 Å². The molecule has 3 rings (SSSR count). The molecule has 0 amide bonds. The molecule has 0 radical (unpaired) electrons. The summed E-state index contributed by atoms with van der Waals surface area (Å²) in [7, 11) is 0. The average Bonchev–Trinajstić information content (AvgIpc) is 2.44. The van der Waals surface area contributed by atoms with Crippen LogP contribution in [-0.2, 0) is 4.79 Å². The SMILES string of the molecule is O=C(O)COc1ccc(N2CC3(CCCCC3)C2)cc1. The van der Waals surface area contributed by atoms with Gasteiger partial charge in [0.15, 0.2) is 6.61 Å². The minimum atomic E-state index is -0.948. The second-order valence-corrected chi connectivity index (χ2v) is 6.09. The summed E-state index contributed by atoms with van der Waals surface area (Å²) >= 11 is 0. The van der Waals surface area contributed by atoms with Crippen LogP contribution in [0.4, 0.5) is 5.69 Å². The van der Waals surface area contributed by atoms with Gasteiger partial charge in [-0.3, -0.25) is 0 Å². The fourth-order valence-corrected chi connectivity index (χ4v) is 3.46. The number of hydrogen-bond donors (Lipinski definition) is 1. The number of carboxylic acid groups (broad SMARTS) is 1. The molecule has 1 saturated carbocycles. The molecule has 0 bridgehead atoms. The van der Waals surface area contributed by atoms with E-state index in [1.165, 1.54) is 50.9 Å². The van der Waals surface area contributed by atoms with Gasteiger partial charge in [-0.05, 0) is 37.1 Å². The van der Waals surface area contributed by atoms with Gasteiger partial charge in [0, 0.05) is 24.2 Å². The number of hydrogen-bond acceptors (Lipinski definition) is 3. The number of aliphatic carboxylic acids is 1. The smallest absolute Gasteiger partial charge is 0.341 e. The van der Waals surface area contributed by atoms with Crippen molar-refractivity contribution in [3.8, 4) is 5.75 Å². The first-order chi connectivity index (χ1) is 9.67. The number of carboxylic acids is 1. The summed E-state index contributed by atoms with van der Waals surface area (Å²) in [6, 6.07) is 7.74. The summed E-state index contributed by atoms with van der Waals surface area (Å²) in [5.74, 6) is -0.333. The van der Waals surface area contributed by atoms with Crippen LogP contribution in [0.2, 0.25) is 0 Å². The summed E-state index contributed by atoms with van der Waals surface area (Å²) in [5, 5.41) is 8.57. The van der Waals surface area contributed by atoms with Crippen LogP contribution in [0, 0.1) is 5.41 Å². The van der Waals surface area contributed by atoms with Crippen molar-refractivity contribution in [2.75, 3.05) is 24.6 Å². The normalized spacial score (nSPS) is 20.5. The Kier molecular flexibility index (Phi) is 3.55. The van der Waals surface area contributed by atoms with E-state index in [1.54, 1.807) is 0 Å². The van der Waals surface area contributed by atoms with Crippen molar-refractivity contribution < 1.29 is 14.6 Å². The predicted octanol–water partition coefficient (Wildman–Crippen LogP) is 2.92. The lowest BCUT2D eigenvalue weighted by molar-refractivity contribution is -0.139. The van der Waals surface area contributed by atoms with Crippen molar-refractivity contribution in [3.05, 3.63) is 24.3 Å². The van der Waals surface area contributed by atoms with Gasteiger partial charge in [0.2, 0.25) is 0 Å². The summed E-state index contributed by atoms with van der Waals surface area (Å²) in [5.41, 5.74) is 1.79. The molecule has 20 heavy (non-hydrogen) atoms. The topological polar surface area (TPSA) is 49.8 Å². The van der Waals surface area contributed by atoms with Crippen molar-refractivity contribution in [3.63, 3.8) is 0 Å². The van der Waals surface area contributed by atoms with E-state index in [2.05, 4.69) is 4.90 Å². The Hall–Kier alpha value is -1.71. The van der Waals surface area contributed by atoms with Crippen molar-refractivity contribution in [2.24, 2.45) is 5.41 Å². The van der Waals surface area contributed by atoms with Crippen LogP contribution in [0.5, 0.6) is 5.75 Å². The van der Waals surface area contributed by atoms with E-state index in [9.17, 15) is 4.79 Å². The highest BCUT2D eigenvalue weighted by Crippen LogP contribution is 2.45. The van der Waals surface area contributed by atoms with Gasteiger partial charge in [0.05, 0.1) is 0 Å². The Bertz CT molecular complexity index is 469. The molecule has 1 aromatic carbocycles. The number of anilines is 1. The highest BCUT2D eigenvalue weighted by Gasteiger charge is 2.43. The van der Waals surface area contributed by atoms with E-state index in [0.717, 1.165) is 0 Å². The predicted molar refractivity (Wildman–Crippen MR) is 77.3 cm³/mol. The maximum atomic E-state index is 10.4. The van der Waals surface area contributed by atoms with Gasteiger partial charge in [0.1, 0.15) is 5.75 Å². The first-order valence-electron chi connectivity index (χ1n) is 7.37. The van der Waals surface area contributed by atoms with Gasteiger partial charge < -0.3 is 14.7 Å². The summed E-state index contributed by atoms with van der Waals surface area (Å²) in [4.78, 5) is 12.9. The van der Waals surface area contributed by atoms with Crippen LogP contribution in [-0.4, -0.2) is 30.8 Å². The van der Waals surface area contributed by atoms with Crippen molar-refractivity contribution in [1.82, 2.24) is 0 Å². The summed E-state index contributed by atoms with van der Waals surface area (Å²) < 4.78 is 5.15. The van der Waals surface area contributed by atoms with Crippen molar-refractivity contribution in [2.45, 2.75) is 32.1 Å². The summed E-state index contributed by atoms with van der Waals surface area (Å²) in [6.45, 7) is 2.05. The van der Waals surface area contributed by atoms with Crippen LogP contribution in [0.3, 0.4) is 0 Å². The van der Waals surface area contributed by atoms with E-state index in [-0.39, 0.29) is 6.61 Å². The Morgan fingerprint density at radius 1 is 1.15 bits per heavy atom. The third kappa shape index (κ3) is 2.74. The molecule has 1 aliphatic heterocycles. The van der Waals surface area contributed by atoms with Crippen LogP contribution in [0.15, 0.2) is 24.3 Å². The van der Waals surface area contributed by atoms with E-state index in [4.69, 9.17) is 9.84 Å². The minimum Gasteiger partial charge on any atom is -0.482 e. The van der Waals surface area contributed by atoms with Gasteiger partial charge in [-0.25, -0.2) is 4.79 Å². The van der Waals surface area contributed by atoms with E-state index in [0.29, 0.717) is 11.2 Å². The maximum absolute atomic E-state index is 10.4. The number of nitrogens with zero attached hydrogens (tertiary/aromatic N) is 1. The summed E-state index contributed by atoms with van der Waals surface area (Å²) in [6.07, 6.45) is 6.93. The minimum absolute atomic E-state index is 0.286. The number of benzene rings is 1. The number of carbonyl (C=O) groups is 1. The molecule has 0 aromatic heterocycles. The molecule has 1 N–H and O–H groups in total. The maximum Gasteiger partial charge on any atom is 0.341 e. The van der Waals surface area contributed by atoms with E-state index < -0.39 is 5.97 Å².